The van der Waals surface area contributed by atoms with Gasteiger partial charge in [-0.15, -0.1) is 0 Å². The van der Waals surface area contributed by atoms with Crippen molar-refractivity contribution >= 4 is 29.1 Å². The summed E-state index contributed by atoms with van der Waals surface area (Å²) in [5.74, 6) is 1.35. The largest absolute Gasteiger partial charge is 0.352 e. The molecule has 0 unspecified atom stereocenters. The molecule has 1 heterocycles. The highest BCUT2D eigenvalue weighted by Gasteiger charge is 2.09. The normalized spacial score (nSPS) is 10.8. The highest BCUT2D eigenvalue weighted by Crippen LogP contribution is 2.30. The van der Waals surface area contributed by atoms with Crippen LogP contribution >= 0.6 is 11.6 Å². The number of nitrogens with zero attached hydrogens (tertiary/aromatic N) is 2. The van der Waals surface area contributed by atoms with Gasteiger partial charge >= 0.3 is 0 Å². The van der Waals surface area contributed by atoms with E-state index in [1.54, 1.807) is 0 Å². The lowest BCUT2D eigenvalue weighted by molar-refractivity contribution is 0.871. The standard InChI is InChI=1S/C16H21ClN4/c1-9(2)18-16-19-12(5)8-14(21-16)20-15-11(4)6-10(3)7-13(15)17/h6-9H,1-5H3,(H2,18,19,20,21). The molecule has 1 aromatic carbocycles. The van der Waals surface area contributed by atoms with Crippen molar-refractivity contribution in [1.29, 1.82) is 0 Å². The van der Waals surface area contributed by atoms with E-state index in [4.69, 9.17) is 11.6 Å². The lowest BCUT2D eigenvalue weighted by Crippen LogP contribution is -2.13. The average Bonchev–Trinajstić information content (AvgIpc) is 2.32. The first-order chi connectivity index (χ1) is 9.85. The lowest BCUT2D eigenvalue weighted by Gasteiger charge is -2.14. The first-order valence-corrected chi connectivity index (χ1v) is 7.39. The van der Waals surface area contributed by atoms with Crippen molar-refractivity contribution in [3.05, 3.63) is 40.0 Å². The van der Waals surface area contributed by atoms with Crippen molar-refractivity contribution in [2.45, 2.75) is 40.7 Å². The molecule has 0 aliphatic heterocycles. The quantitative estimate of drug-likeness (QED) is 0.865. The van der Waals surface area contributed by atoms with Crippen molar-refractivity contribution in [1.82, 2.24) is 9.97 Å². The molecule has 0 aliphatic rings. The summed E-state index contributed by atoms with van der Waals surface area (Å²) >= 11 is 6.33. The van der Waals surface area contributed by atoms with E-state index in [2.05, 4.69) is 40.5 Å². The van der Waals surface area contributed by atoms with Gasteiger partial charge < -0.3 is 10.6 Å². The van der Waals surface area contributed by atoms with Gasteiger partial charge in [0.2, 0.25) is 5.95 Å². The van der Waals surface area contributed by atoms with E-state index in [0.29, 0.717) is 11.0 Å². The number of benzene rings is 1. The second-order valence-electron chi connectivity index (χ2n) is 5.58. The Hall–Kier alpha value is -1.81. The summed E-state index contributed by atoms with van der Waals surface area (Å²) in [6, 6.07) is 6.22. The lowest BCUT2D eigenvalue weighted by atomic mass is 10.1. The van der Waals surface area contributed by atoms with Gasteiger partial charge in [0.05, 0.1) is 10.7 Å². The fraction of sp³-hybridized carbons (Fsp3) is 0.375. The molecule has 21 heavy (non-hydrogen) atoms. The molecule has 0 bridgehead atoms. The molecule has 0 spiro atoms. The molecule has 0 atom stereocenters. The molecule has 2 rings (SSSR count). The van der Waals surface area contributed by atoms with E-state index >= 15 is 0 Å². The fourth-order valence-electron chi connectivity index (χ4n) is 2.16. The monoisotopic (exact) mass is 304 g/mol. The molecular weight excluding hydrogens is 284 g/mol. The summed E-state index contributed by atoms with van der Waals surface area (Å²) in [6.45, 7) is 10.1. The van der Waals surface area contributed by atoms with Crippen LogP contribution in [0.25, 0.3) is 0 Å². The predicted octanol–water partition coefficient (Wildman–Crippen LogP) is 4.62. The predicted molar refractivity (Wildman–Crippen MR) is 89.7 cm³/mol. The van der Waals surface area contributed by atoms with Crippen LogP contribution in [0.15, 0.2) is 18.2 Å². The molecule has 0 aliphatic carbocycles. The van der Waals surface area contributed by atoms with E-state index in [-0.39, 0.29) is 6.04 Å². The second-order valence-corrected chi connectivity index (χ2v) is 5.99. The Morgan fingerprint density at radius 1 is 1.05 bits per heavy atom. The Balaban J connectivity index is 2.33. The second kappa shape index (κ2) is 6.31. The van der Waals surface area contributed by atoms with Crippen molar-refractivity contribution in [3.8, 4) is 0 Å². The molecule has 112 valence electrons. The molecule has 0 amide bonds. The number of anilines is 3. The van der Waals surface area contributed by atoms with E-state index in [1.165, 1.54) is 0 Å². The molecule has 0 radical (unpaired) electrons. The number of nitrogens with one attached hydrogen (secondary N) is 2. The number of hydrogen-bond donors (Lipinski definition) is 2. The van der Waals surface area contributed by atoms with Crippen LogP contribution in [0.3, 0.4) is 0 Å². The Morgan fingerprint density at radius 2 is 1.76 bits per heavy atom. The van der Waals surface area contributed by atoms with Gasteiger partial charge in [0.1, 0.15) is 5.82 Å². The van der Waals surface area contributed by atoms with Gasteiger partial charge in [0, 0.05) is 17.8 Å². The van der Waals surface area contributed by atoms with Crippen molar-refractivity contribution in [2.75, 3.05) is 10.6 Å². The van der Waals surface area contributed by atoms with Gasteiger partial charge in [-0.3, -0.25) is 0 Å². The third-order valence-corrected chi connectivity index (χ3v) is 3.25. The average molecular weight is 305 g/mol. The maximum atomic E-state index is 6.33. The third kappa shape index (κ3) is 4.08. The number of aromatic nitrogens is 2. The van der Waals surface area contributed by atoms with Gasteiger partial charge in [-0.25, -0.2) is 4.98 Å². The molecule has 0 fully saturated rings. The zero-order chi connectivity index (χ0) is 15.6. The Kier molecular flexibility index (Phi) is 4.68. The first kappa shape index (κ1) is 15.6. The summed E-state index contributed by atoms with van der Waals surface area (Å²) in [5.41, 5.74) is 4.02. The Bertz CT molecular complexity index is 630. The van der Waals surface area contributed by atoms with Crippen LogP contribution in [0, 0.1) is 20.8 Å². The molecule has 2 aromatic rings. The van der Waals surface area contributed by atoms with Gasteiger partial charge in [-0.05, 0) is 51.8 Å². The Morgan fingerprint density at radius 3 is 2.38 bits per heavy atom. The van der Waals surface area contributed by atoms with E-state index in [0.717, 1.165) is 28.3 Å². The summed E-state index contributed by atoms with van der Waals surface area (Å²) in [5, 5.41) is 7.21. The first-order valence-electron chi connectivity index (χ1n) is 7.01. The van der Waals surface area contributed by atoms with E-state index < -0.39 is 0 Å². The number of aryl methyl sites for hydroxylation is 3. The highest BCUT2D eigenvalue weighted by atomic mass is 35.5. The minimum absolute atomic E-state index is 0.282. The molecule has 0 saturated heterocycles. The van der Waals surface area contributed by atoms with Gasteiger partial charge in [0.15, 0.2) is 0 Å². The van der Waals surface area contributed by atoms with Crippen molar-refractivity contribution < 1.29 is 0 Å². The maximum absolute atomic E-state index is 6.33. The molecular formula is C16H21ClN4. The Labute approximate surface area is 131 Å². The van der Waals surface area contributed by atoms with Crippen molar-refractivity contribution in [3.63, 3.8) is 0 Å². The van der Waals surface area contributed by atoms with Gasteiger partial charge in [0.25, 0.3) is 0 Å². The van der Waals surface area contributed by atoms with E-state index in [9.17, 15) is 0 Å². The van der Waals surface area contributed by atoms with Crippen LogP contribution in [0.5, 0.6) is 0 Å². The van der Waals surface area contributed by atoms with Crippen LogP contribution in [0.2, 0.25) is 5.02 Å². The molecule has 4 nitrogen and oxygen atoms in total. The number of hydrogen-bond acceptors (Lipinski definition) is 4. The number of rotatable bonds is 4. The van der Waals surface area contributed by atoms with Gasteiger partial charge in [-0.1, -0.05) is 17.7 Å². The summed E-state index contributed by atoms with van der Waals surface area (Å²) < 4.78 is 0. The van der Waals surface area contributed by atoms with E-state index in [1.807, 2.05) is 32.9 Å². The summed E-state index contributed by atoms with van der Waals surface area (Å²) in [4.78, 5) is 8.86. The van der Waals surface area contributed by atoms with Crippen LogP contribution in [0.4, 0.5) is 17.5 Å². The maximum Gasteiger partial charge on any atom is 0.225 e. The molecule has 2 N–H and O–H groups in total. The highest BCUT2D eigenvalue weighted by molar-refractivity contribution is 6.33. The minimum atomic E-state index is 0.282. The third-order valence-electron chi connectivity index (χ3n) is 2.96. The summed E-state index contributed by atoms with van der Waals surface area (Å²) in [6.07, 6.45) is 0. The van der Waals surface area contributed by atoms with Crippen LogP contribution < -0.4 is 10.6 Å². The van der Waals surface area contributed by atoms with Gasteiger partial charge in [-0.2, -0.15) is 4.98 Å². The fourth-order valence-corrected chi connectivity index (χ4v) is 2.53. The topological polar surface area (TPSA) is 49.8 Å². The summed E-state index contributed by atoms with van der Waals surface area (Å²) in [7, 11) is 0. The zero-order valence-corrected chi connectivity index (χ0v) is 13.8. The van der Waals surface area contributed by atoms with Crippen molar-refractivity contribution in [2.24, 2.45) is 0 Å². The zero-order valence-electron chi connectivity index (χ0n) is 13.1. The molecule has 0 saturated carbocycles. The van der Waals surface area contributed by atoms with Crippen LogP contribution in [-0.4, -0.2) is 16.0 Å². The molecule has 5 heteroatoms. The SMILES string of the molecule is Cc1cc(C)c(Nc2cc(C)nc(NC(C)C)n2)c(Cl)c1. The van der Waals surface area contributed by atoms with Crippen LogP contribution in [0.1, 0.15) is 30.7 Å². The molecule has 1 aromatic heterocycles. The minimum Gasteiger partial charge on any atom is -0.352 e. The smallest absolute Gasteiger partial charge is 0.225 e. The van der Waals surface area contributed by atoms with Crippen LogP contribution in [-0.2, 0) is 0 Å². The number of halogens is 1.